The monoisotopic (exact) mass is 574 g/mol. The van der Waals surface area contributed by atoms with Gasteiger partial charge in [0, 0.05) is 36.2 Å². The summed E-state index contributed by atoms with van der Waals surface area (Å²) in [6, 6.07) is 13.0. The van der Waals surface area contributed by atoms with Gasteiger partial charge in [-0.15, -0.1) is 35.3 Å². The van der Waals surface area contributed by atoms with Gasteiger partial charge in [0.1, 0.15) is 10.8 Å². The van der Waals surface area contributed by atoms with Crippen LogP contribution in [0.15, 0.2) is 52.8 Å². The van der Waals surface area contributed by atoms with Gasteiger partial charge in [-0.25, -0.2) is 4.98 Å². The lowest BCUT2D eigenvalue weighted by molar-refractivity contribution is -0.0505. The van der Waals surface area contributed by atoms with Crippen LogP contribution in [0.5, 0.6) is 17.2 Å². The van der Waals surface area contributed by atoms with Crippen molar-refractivity contribution in [3.63, 3.8) is 0 Å². The molecule has 0 fully saturated rings. The van der Waals surface area contributed by atoms with E-state index in [1.165, 1.54) is 6.07 Å². The Morgan fingerprint density at radius 1 is 1.16 bits per heavy atom. The number of aliphatic imine (C=N–C) groups is 1. The summed E-state index contributed by atoms with van der Waals surface area (Å²) in [6.07, 6.45) is 0. The minimum absolute atomic E-state index is 0. The average Bonchev–Trinajstić information content (AvgIpc) is 3.43. The first kappa shape index (κ1) is 24.0. The molecule has 32 heavy (non-hydrogen) atoms. The Morgan fingerprint density at radius 2 is 1.88 bits per heavy atom. The highest BCUT2D eigenvalue weighted by Crippen LogP contribution is 2.38. The van der Waals surface area contributed by atoms with Crippen molar-refractivity contribution in [2.24, 2.45) is 4.99 Å². The van der Waals surface area contributed by atoms with E-state index in [9.17, 15) is 8.78 Å². The zero-order valence-corrected chi connectivity index (χ0v) is 20.2. The first-order valence-corrected chi connectivity index (χ1v) is 10.3. The van der Waals surface area contributed by atoms with Crippen LogP contribution in [-0.2, 0) is 13.1 Å². The van der Waals surface area contributed by atoms with Crippen LogP contribution in [0.4, 0.5) is 8.78 Å². The summed E-state index contributed by atoms with van der Waals surface area (Å²) in [5, 5.41) is 9.18. The molecule has 4 rings (SSSR count). The maximum atomic E-state index is 12.8. The summed E-state index contributed by atoms with van der Waals surface area (Å²) in [5.41, 5.74) is 2.43. The molecule has 2 N–H and O–H groups in total. The third kappa shape index (κ3) is 5.97. The lowest BCUT2D eigenvalue weighted by atomic mass is 10.1. The fraction of sp³-hybridized carbons (Fsp3) is 0.238. The SMILES string of the molecule is CN=C(NCc1csc(-c2ccccc2)n1)NCc1cc2c(cc1OC(F)F)OCO2.I. The third-order valence-corrected chi connectivity index (χ3v) is 5.39. The number of ether oxygens (including phenoxy) is 3. The number of halogens is 3. The van der Waals surface area contributed by atoms with E-state index in [2.05, 4.69) is 25.3 Å². The fourth-order valence-corrected chi connectivity index (χ4v) is 3.81. The summed E-state index contributed by atoms with van der Waals surface area (Å²) in [6.45, 7) is -2.24. The molecule has 170 valence electrons. The van der Waals surface area contributed by atoms with Gasteiger partial charge in [0.25, 0.3) is 0 Å². The van der Waals surface area contributed by atoms with Crippen molar-refractivity contribution >= 4 is 41.3 Å². The topological polar surface area (TPSA) is 77.0 Å². The summed E-state index contributed by atoms with van der Waals surface area (Å²) in [5.74, 6) is 1.38. The molecule has 2 heterocycles. The second-order valence-corrected chi connectivity index (χ2v) is 7.34. The number of benzene rings is 2. The van der Waals surface area contributed by atoms with Crippen molar-refractivity contribution in [2.75, 3.05) is 13.8 Å². The fourth-order valence-electron chi connectivity index (χ4n) is 2.98. The second-order valence-electron chi connectivity index (χ2n) is 6.48. The molecule has 0 spiro atoms. The number of fused-ring (bicyclic) bond motifs is 1. The summed E-state index contributed by atoms with van der Waals surface area (Å²) >= 11 is 1.57. The number of guanidine groups is 1. The van der Waals surface area contributed by atoms with Crippen molar-refractivity contribution in [3.05, 3.63) is 59.1 Å². The molecule has 1 aromatic heterocycles. The number of nitrogens with zero attached hydrogens (tertiary/aromatic N) is 2. The molecular weight excluding hydrogens is 553 g/mol. The molecule has 0 atom stereocenters. The van der Waals surface area contributed by atoms with Gasteiger partial charge in [0.2, 0.25) is 6.79 Å². The van der Waals surface area contributed by atoms with E-state index >= 15 is 0 Å². The van der Waals surface area contributed by atoms with E-state index in [1.807, 2.05) is 35.7 Å². The minimum Gasteiger partial charge on any atom is -0.454 e. The van der Waals surface area contributed by atoms with E-state index in [1.54, 1.807) is 24.5 Å². The van der Waals surface area contributed by atoms with E-state index < -0.39 is 6.61 Å². The highest BCUT2D eigenvalue weighted by molar-refractivity contribution is 14.0. The molecule has 0 radical (unpaired) electrons. The van der Waals surface area contributed by atoms with Crippen LogP contribution in [0.3, 0.4) is 0 Å². The van der Waals surface area contributed by atoms with Crippen LogP contribution >= 0.6 is 35.3 Å². The number of nitrogens with one attached hydrogen (secondary N) is 2. The zero-order chi connectivity index (χ0) is 21.6. The number of aromatic nitrogens is 1. The van der Waals surface area contributed by atoms with Crippen molar-refractivity contribution in [1.29, 1.82) is 0 Å². The molecule has 0 bridgehead atoms. The smallest absolute Gasteiger partial charge is 0.387 e. The molecule has 1 aliphatic rings. The number of thiazole rings is 1. The highest BCUT2D eigenvalue weighted by Gasteiger charge is 2.20. The number of hydrogen-bond donors (Lipinski definition) is 2. The van der Waals surface area contributed by atoms with Crippen LogP contribution in [-0.4, -0.2) is 31.4 Å². The molecule has 11 heteroatoms. The van der Waals surface area contributed by atoms with Gasteiger partial charge in [0.15, 0.2) is 17.5 Å². The van der Waals surface area contributed by atoms with Crippen molar-refractivity contribution in [2.45, 2.75) is 19.7 Å². The average molecular weight is 574 g/mol. The Bertz CT molecular complexity index is 1070. The Kier molecular flexibility index (Phi) is 8.45. The zero-order valence-electron chi connectivity index (χ0n) is 17.0. The standard InChI is InChI=1S/C21H20F2N4O3S.HI/c1-24-21(26-10-15-11-31-19(27-15)13-5-3-2-4-6-13)25-9-14-7-17-18(29-12-28-17)8-16(14)30-20(22)23;/h2-8,11,20H,9-10,12H2,1H3,(H2,24,25,26);1H. The lowest BCUT2D eigenvalue weighted by Crippen LogP contribution is -2.36. The summed E-state index contributed by atoms with van der Waals surface area (Å²) in [4.78, 5) is 8.80. The van der Waals surface area contributed by atoms with Gasteiger partial charge in [-0.2, -0.15) is 8.78 Å². The van der Waals surface area contributed by atoms with E-state index in [4.69, 9.17) is 9.47 Å². The predicted octanol–water partition coefficient (Wildman–Crippen LogP) is 4.62. The number of alkyl halides is 2. The molecule has 2 aromatic carbocycles. The Morgan fingerprint density at radius 3 is 2.59 bits per heavy atom. The van der Waals surface area contributed by atoms with Gasteiger partial charge >= 0.3 is 6.61 Å². The summed E-state index contributed by atoms with van der Waals surface area (Å²) in [7, 11) is 1.63. The minimum atomic E-state index is -2.94. The molecule has 0 unspecified atom stereocenters. The maximum absolute atomic E-state index is 12.8. The molecule has 0 aliphatic carbocycles. The molecule has 3 aromatic rings. The van der Waals surface area contributed by atoms with Crippen LogP contribution in [0.25, 0.3) is 10.6 Å². The number of hydrogen-bond acceptors (Lipinski definition) is 6. The van der Waals surface area contributed by atoms with Crippen LogP contribution < -0.4 is 24.8 Å². The quantitative estimate of drug-likeness (QED) is 0.244. The van der Waals surface area contributed by atoms with Gasteiger partial charge in [0.05, 0.1) is 12.2 Å². The Labute approximate surface area is 204 Å². The Hall–Kier alpha value is -2.67. The van der Waals surface area contributed by atoms with Crippen molar-refractivity contribution in [1.82, 2.24) is 15.6 Å². The molecule has 1 aliphatic heterocycles. The van der Waals surface area contributed by atoms with Gasteiger partial charge in [-0.1, -0.05) is 30.3 Å². The van der Waals surface area contributed by atoms with E-state index in [0.29, 0.717) is 29.6 Å². The van der Waals surface area contributed by atoms with Crippen molar-refractivity contribution < 1.29 is 23.0 Å². The molecule has 0 saturated heterocycles. The normalized spacial score (nSPS) is 12.4. The third-order valence-electron chi connectivity index (χ3n) is 4.45. The molecule has 0 amide bonds. The number of rotatable bonds is 7. The van der Waals surface area contributed by atoms with Crippen LogP contribution in [0, 0.1) is 0 Å². The molecule has 7 nitrogen and oxygen atoms in total. The first-order chi connectivity index (χ1) is 15.1. The van der Waals surface area contributed by atoms with Crippen molar-refractivity contribution in [3.8, 4) is 27.8 Å². The van der Waals surface area contributed by atoms with Gasteiger partial charge < -0.3 is 24.8 Å². The maximum Gasteiger partial charge on any atom is 0.387 e. The highest BCUT2D eigenvalue weighted by atomic mass is 127. The second kappa shape index (κ2) is 11.3. The summed E-state index contributed by atoms with van der Waals surface area (Å²) < 4.78 is 40.8. The molecular formula is C21H21F2IN4O3S. The van der Waals surface area contributed by atoms with E-state index in [0.717, 1.165) is 16.3 Å². The Balaban J connectivity index is 0.00000289. The first-order valence-electron chi connectivity index (χ1n) is 9.44. The van der Waals surface area contributed by atoms with Gasteiger partial charge in [-0.05, 0) is 6.07 Å². The van der Waals surface area contributed by atoms with Crippen LogP contribution in [0.1, 0.15) is 11.3 Å². The molecule has 0 saturated carbocycles. The van der Waals surface area contributed by atoms with Gasteiger partial charge in [-0.3, -0.25) is 4.99 Å². The largest absolute Gasteiger partial charge is 0.454 e. The van der Waals surface area contributed by atoms with E-state index in [-0.39, 0.29) is 43.1 Å². The lowest BCUT2D eigenvalue weighted by Gasteiger charge is -2.15. The predicted molar refractivity (Wildman–Crippen MR) is 129 cm³/mol. The van der Waals surface area contributed by atoms with Crippen LogP contribution in [0.2, 0.25) is 0 Å².